The van der Waals surface area contributed by atoms with Crippen LogP contribution in [0.25, 0.3) is 0 Å². The van der Waals surface area contributed by atoms with Crippen molar-refractivity contribution in [3.05, 3.63) is 45.7 Å². The van der Waals surface area contributed by atoms with Gasteiger partial charge in [-0.05, 0) is 37.1 Å². The molecular weight excluding hydrogens is 287 g/mol. The second-order valence-electron chi connectivity index (χ2n) is 4.16. The minimum absolute atomic E-state index is 0.137. The Labute approximate surface area is 115 Å². The molecule has 7 heteroatoms. The lowest BCUT2D eigenvalue weighted by molar-refractivity contribution is 0.579. The molecule has 2 rings (SSSR count). The van der Waals surface area contributed by atoms with Crippen molar-refractivity contribution < 1.29 is 12.8 Å². The predicted molar refractivity (Wildman–Crippen MR) is 72.0 cm³/mol. The highest BCUT2D eigenvalue weighted by Crippen LogP contribution is 2.21. The summed E-state index contributed by atoms with van der Waals surface area (Å²) >= 11 is 1.37. The Hall–Kier alpha value is -1.31. The standard InChI is InChI=1S/C12H13FN2O2S2/c1-8-3-10(13)4-9(2)12(8)19(16,17)15-6-11-5-14-7-18-11/h3-5,7,15H,6H2,1-2H3. The quantitative estimate of drug-likeness (QED) is 0.943. The Bertz CT molecular complexity index is 659. The van der Waals surface area contributed by atoms with E-state index in [-0.39, 0.29) is 11.4 Å². The Kier molecular flexibility index (Phi) is 3.98. The number of sulfonamides is 1. The van der Waals surface area contributed by atoms with Gasteiger partial charge in [0.25, 0.3) is 0 Å². The van der Waals surface area contributed by atoms with E-state index in [9.17, 15) is 12.8 Å². The summed E-state index contributed by atoms with van der Waals surface area (Å²) in [5, 5.41) is 0. The highest BCUT2D eigenvalue weighted by Gasteiger charge is 2.20. The summed E-state index contributed by atoms with van der Waals surface area (Å²) in [6.45, 7) is 3.35. The van der Waals surface area contributed by atoms with Crippen molar-refractivity contribution in [1.82, 2.24) is 9.71 Å². The molecule has 4 nitrogen and oxygen atoms in total. The van der Waals surface area contributed by atoms with Crippen molar-refractivity contribution in [2.24, 2.45) is 0 Å². The number of aromatic nitrogens is 1. The maximum Gasteiger partial charge on any atom is 0.241 e. The van der Waals surface area contributed by atoms with E-state index in [1.54, 1.807) is 25.6 Å². The molecule has 1 N–H and O–H groups in total. The van der Waals surface area contributed by atoms with Gasteiger partial charge in [-0.1, -0.05) is 0 Å². The Balaban J connectivity index is 2.29. The van der Waals surface area contributed by atoms with Crippen LogP contribution in [0.5, 0.6) is 0 Å². The molecule has 1 aromatic heterocycles. The minimum atomic E-state index is -3.65. The van der Waals surface area contributed by atoms with E-state index in [1.165, 1.54) is 23.5 Å². The van der Waals surface area contributed by atoms with Crippen LogP contribution >= 0.6 is 11.3 Å². The lowest BCUT2D eigenvalue weighted by atomic mass is 10.1. The molecule has 0 atom stereocenters. The van der Waals surface area contributed by atoms with Crippen molar-refractivity contribution in [3.63, 3.8) is 0 Å². The van der Waals surface area contributed by atoms with Crippen LogP contribution < -0.4 is 4.72 Å². The predicted octanol–water partition coefficient (Wildman–Crippen LogP) is 2.38. The van der Waals surface area contributed by atoms with Crippen LogP contribution in [-0.4, -0.2) is 13.4 Å². The summed E-state index contributed by atoms with van der Waals surface area (Å²) in [6.07, 6.45) is 1.61. The Morgan fingerprint density at radius 1 is 1.32 bits per heavy atom. The SMILES string of the molecule is Cc1cc(F)cc(C)c1S(=O)(=O)NCc1cncs1. The summed E-state index contributed by atoms with van der Waals surface area (Å²) in [6, 6.07) is 2.43. The molecule has 1 aromatic carbocycles. The number of benzene rings is 1. The molecular formula is C12H13FN2O2S2. The van der Waals surface area contributed by atoms with Crippen molar-refractivity contribution in [2.75, 3.05) is 0 Å². The average Bonchev–Trinajstić information content (AvgIpc) is 2.77. The number of rotatable bonds is 4. The molecule has 0 fully saturated rings. The number of hydrogen-bond donors (Lipinski definition) is 1. The van der Waals surface area contributed by atoms with Gasteiger partial charge in [0.1, 0.15) is 5.82 Å². The first-order valence-corrected chi connectivity index (χ1v) is 7.90. The molecule has 0 amide bonds. The lowest BCUT2D eigenvalue weighted by Crippen LogP contribution is -2.24. The number of nitrogens with zero attached hydrogens (tertiary/aromatic N) is 1. The average molecular weight is 300 g/mol. The maximum absolute atomic E-state index is 13.2. The minimum Gasteiger partial charge on any atom is -0.253 e. The molecule has 0 saturated carbocycles. The summed E-state index contributed by atoms with van der Waals surface area (Å²) in [7, 11) is -3.65. The van der Waals surface area contributed by atoms with Gasteiger partial charge < -0.3 is 0 Å². The van der Waals surface area contributed by atoms with Crippen LogP contribution in [0.3, 0.4) is 0 Å². The zero-order valence-electron chi connectivity index (χ0n) is 10.5. The van der Waals surface area contributed by atoms with E-state index in [4.69, 9.17) is 0 Å². The second kappa shape index (κ2) is 5.36. The van der Waals surface area contributed by atoms with E-state index in [1.807, 2.05) is 0 Å². The summed E-state index contributed by atoms with van der Waals surface area (Å²) < 4.78 is 40.1. The van der Waals surface area contributed by atoms with Gasteiger partial charge in [0, 0.05) is 17.6 Å². The summed E-state index contributed by atoms with van der Waals surface area (Å²) in [5.41, 5.74) is 2.43. The highest BCUT2D eigenvalue weighted by atomic mass is 32.2. The molecule has 0 saturated heterocycles. The largest absolute Gasteiger partial charge is 0.253 e. The lowest BCUT2D eigenvalue weighted by Gasteiger charge is -2.11. The van der Waals surface area contributed by atoms with Crippen LogP contribution in [-0.2, 0) is 16.6 Å². The third-order valence-electron chi connectivity index (χ3n) is 2.61. The van der Waals surface area contributed by atoms with E-state index in [0.717, 1.165) is 4.88 Å². The monoisotopic (exact) mass is 300 g/mol. The van der Waals surface area contributed by atoms with Crippen LogP contribution in [0, 0.1) is 19.7 Å². The van der Waals surface area contributed by atoms with Gasteiger partial charge in [0.2, 0.25) is 10.0 Å². The number of thiazole rings is 1. The highest BCUT2D eigenvalue weighted by molar-refractivity contribution is 7.89. The normalized spacial score (nSPS) is 11.7. The fourth-order valence-electron chi connectivity index (χ4n) is 1.89. The molecule has 1 heterocycles. The Morgan fingerprint density at radius 2 is 1.95 bits per heavy atom. The molecule has 0 radical (unpaired) electrons. The van der Waals surface area contributed by atoms with Gasteiger partial charge in [-0.15, -0.1) is 11.3 Å². The van der Waals surface area contributed by atoms with Crippen LogP contribution in [0.1, 0.15) is 16.0 Å². The third kappa shape index (κ3) is 3.17. The zero-order chi connectivity index (χ0) is 14.0. The molecule has 0 aliphatic heterocycles. The number of halogens is 1. The third-order valence-corrected chi connectivity index (χ3v) is 5.10. The topological polar surface area (TPSA) is 59.1 Å². The van der Waals surface area contributed by atoms with Crippen molar-refractivity contribution in [3.8, 4) is 0 Å². The molecule has 0 spiro atoms. The van der Waals surface area contributed by atoms with Crippen LogP contribution in [0.15, 0.2) is 28.7 Å². The van der Waals surface area contributed by atoms with Gasteiger partial charge in [0.15, 0.2) is 0 Å². The van der Waals surface area contributed by atoms with Crippen molar-refractivity contribution >= 4 is 21.4 Å². The van der Waals surface area contributed by atoms with Gasteiger partial charge in [-0.3, -0.25) is 4.98 Å². The maximum atomic E-state index is 13.2. The number of nitrogens with one attached hydrogen (secondary N) is 1. The van der Waals surface area contributed by atoms with Crippen LogP contribution in [0.4, 0.5) is 4.39 Å². The van der Waals surface area contributed by atoms with Gasteiger partial charge in [-0.25, -0.2) is 17.5 Å². The van der Waals surface area contributed by atoms with Crippen molar-refractivity contribution in [1.29, 1.82) is 0 Å². The molecule has 0 aliphatic carbocycles. The van der Waals surface area contributed by atoms with E-state index in [2.05, 4.69) is 9.71 Å². The summed E-state index contributed by atoms with van der Waals surface area (Å²) in [5.74, 6) is -0.434. The van der Waals surface area contributed by atoms with Crippen LogP contribution in [0.2, 0.25) is 0 Å². The van der Waals surface area contributed by atoms with Gasteiger partial charge in [-0.2, -0.15) is 0 Å². The molecule has 2 aromatic rings. The van der Waals surface area contributed by atoms with E-state index >= 15 is 0 Å². The smallest absolute Gasteiger partial charge is 0.241 e. The summed E-state index contributed by atoms with van der Waals surface area (Å²) in [4.78, 5) is 4.83. The fourth-order valence-corrected chi connectivity index (χ4v) is 3.97. The second-order valence-corrected chi connectivity index (χ2v) is 6.84. The first-order valence-electron chi connectivity index (χ1n) is 5.54. The molecule has 0 bridgehead atoms. The van der Waals surface area contributed by atoms with E-state index < -0.39 is 15.8 Å². The number of hydrogen-bond acceptors (Lipinski definition) is 4. The van der Waals surface area contributed by atoms with Crippen molar-refractivity contribution in [2.45, 2.75) is 25.3 Å². The number of aryl methyl sites for hydroxylation is 2. The van der Waals surface area contributed by atoms with Gasteiger partial charge in [0.05, 0.1) is 10.4 Å². The first-order chi connectivity index (χ1) is 8.90. The van der Waals surface area contributed by atoms with E-state index in [0.29, 0.717) is 11.1 Å². The fraction of sp³-hybridized carbons (Fsp3) is 0.250. The molecule has 102 valence electrons. The Morgan fingerprint density at radius 3 is 2.47 bits per heavy atom. The molecule has 0 unspecified atom stereocenters. The first kappa shape index (κ1) is 14.1. The zero-order valence-corrected chi connectivity index (χ0v) is 12.1. The molecule has 0 aliphatic rings. The van der Waals surface area contributed by atoms with Gasteiger partial charge >= 0.3 is 0 Å². The molecule has 19 heavy (non-hydrogen) atoms.